The third-order valence-electron chi connectivity index (χ3n) is 3.29. The molecule has 1 fully saturated rings. The van der Waals surface area contributed by atoms with E-state index < -0.39 is 0 Å². The highest BCUT2D eigenvalue weighted by Crippen LogP contribution is 2.53. The van der Waals surface area contributed by atoms with Crippen LogP contribution in [0.5, 0.6) is 5.75 Å². The molecule has 0 amide bonds. The van der Waals surface area contributed by atoms with Crippen LogP contribution in [-0.4, -0.2) is 24.8 Å². The van der Waals surface area contributed by atoms with Crippen LogP contribution in [0.25, 0.3) is 0 Å². The van der Waals surface area contributed by atoms with Crippen LogP contribution in [0, 0.1) is 0 Å². The van der Waals surface area contributed by atoms with Crippen molar-refractivity contribution in [2.45, 2.75) is 31.7 Å². The molecule has 4 heteroatoms. The number of ether oxygens (including phenoxy) is 3. The number of epoxide rings is 1. The molecular weight excluding hydrogens is 220 g/mol. The van der Waals surface area contributed by atoms with E-state index in [9.17, 15) is 4.79 Å². The average molecular weight is 234 g/mol. The standard InChI is InChI=1S/C13H14O4/c1-13(2)11-10(16-11)8-6-7(12(14)15-3)4-5-9(8)17-13/h4-6,10-11H,1-3H3/t10-,11+/m1/s1. The quantitative estimate of drug-likeness (QED) is 0.551. The molecule has 2 heterocycles. The van der Waals surface area contributed by atoms with Crippen molar-refractivity contribution in [3.05, 3.63) is 29.3 Å². The van der Waals surface area contributed by atoms with Crippen LogP contribution in [0.15, 0.2) is 18.2 Å². The van der Waals surface area contributed by atoms with Crippen LogP contribution < -0.4 is 4.74 Å². The van der Waals surface area contributed by atoms with Gasteiger partial charge in [0.05, 0.1) is 12.7 Å². The second-order valence-electron chi connectivity index (χ2n) is 4.93. The zero-order chi connectivity index (χ0) is 12.2. The highest BCUT2D eigenvalue weighted by Gasteiger charge is 2.56. The van der Waals surface area contributed by atoms with Gasteiger partial charge in [0.15, 0.2) is 0 Å². The van der Waals surface area contributed by atoms with E-state index in [0.29, 0.717) is 5.56 Å². The summed E-state index contributed by atoms with van der Waals surface area (Å²) in [6.45, 7) is 4.02. The Hall–Kier alpha value is -1.55. The number of rotatable bonds is 1. The van der Waals surface area contributed by atoms with Crippen molar-refractivity contribution in [1.29, 1.82) is 0 Å². The maximum absolute atomic E-state index is 11.4. The molecule has 0 aliphatic carbocycles. The molecule has 17 heavy (non-hydrogen) atoms. The fourth-order valence-electron chi connectivity index (χ4n) is 2.33. The van der Waals surface area contributed by atoms with Gasteiger partial charge in [-0.25, -0.2) is 4.79 Å². The number of carbonyl (C=O) groups is 1. The Labute approximate surface area is 99.5 Å². The smallest absolute Gasteiger partial charge is 0.337 e. The number of hydrogen-bond donors (Lipinski definition) is 0. The number of esters is 1. The van der Waals surface area contributed by atoms with Crippen molar-refractivity contribution < 1.29 is 19.0 Å². The maximum atomic E-state index is 11.4. The average Bonchev–Trinajstić information content (AvgIpc) is 3.08. The molecular formula is C13H14O4. The molecule has 0 radical (unpaired) electrons. The number of methoxy groups -OCH3 is 1. The molecule has 0 saturated carbocycles. The van der Waals surface area contributed by atoms with Gasteiger partial charge in [0.1, 0.15) is 23.6 Å². The molecule has 2 aliphatic heterocycles. The molecule has 2 atom stereocenters. The fraction of sp³-hybridized carbons (Fsp3) is 0.462. The van der Waals surface area contributed by atoms with Gasteiger partial charge in [-0.1, -0.05) is 0 Å². The molecule has 0 spiro atoms. The second kappa shape index (κ2) is 3.23. The minimum atomic E-state index is -0.338. The van der Waals surface area contributed by atoms with Crippen LogP contribution in [0.4, 0.5) is 0 Å². The molecule has 4 nitrogen and oxygen atoms in total. The summed E-state index contributed by atoms with van der Waals surface area (Å²) >= 11 is 0. The number of benzene rings is 1. The summed E-state index contributed by atoms with van der Waals surface area (Å²) < 4.78 is 16.2. The Morgan fingerprint density at radius 2 is 2.18 bits per heavy atom. The molecule has 1 aromatic carbocycles. The van der Waals surface area contributed by atoms with Crippen molar-refractivity contribution in [2.24, 2.45) is 0 Å². The van der Waals surface area contributed by atoms with Crippen molar-refractivity contribution in [1.82, 2.24) is 0 Å². The second-order valence-corrected chi connectivity index (χ2v) is 4.93. The van der Waals surface area contributed by atoms with Crippen LogP contribution >= 0.6 is 0 Å². The lowest BCUT2D eigenvalue weighted by Crippen LogP contribution is -2.37. The summed E-state index contributed by atoms with van der Waals surface area (Å²) in [5, 5.41) is 0. The topological polar surface area (TPSA) is 48.1 Å². The molecule has 2 aliphatic rings. The summed E-state index contributed by atoms with van der Waals surface area (Å²) in [6.07, 6.45) is 0.140. The van der Waals surface area contributed by atoms with Gasteiger partial charge in [-0.15, -0.1) is 0 Å². The lowest BCUT2D eigenvalue weighted by molar-refractivity contribution is 0.0599. The first kappa shape index (κ1) is 10.6. The monoisotopic (exact) mass is 234 g/mol. The summed E-state index contributed by atoms with van der Waals surface area (Å²) in [5.74, 6) is 0.455. The SMILES string of the molecule is COC(=O)c1ccc2c(c1)[C@H]1O[C@@H]1C(C)(C)O2. The summed E-state index contributed by atoms with van der Waals surface area (Å²) in [6, 6.07) is 5.31. The first-order valence-electron chi connectivity index (χ1n) is 5.59. The lowest BCUT2D eigenvalue weighted by atomic mass is 9.93. The molecule has 90 valence electrons. The molecule has 3 rings (SSSR count). The third-order valence-corrected chi connectivity index (χ3v) is 3.29. The zero-order valence-electron chi connectivity index (χ0n) is 10.0. The maximum Gasteiger partial charge on any atom is 0.337 e. The molecule has 0 unspecified atom stereocenters. The predicted octanol–water partition coefficient (Wildman–Crippen LogP) is 2.08. The van der Waals surface area contributed by atoms with Gasteiger partial charge in [0, 0.05) is 5.56 Å². The number of hydrogen-bond acceptors (Lipinski definition) is 4. The van der Waals surface area contributed by atoms with E-state index >= 15 is 0 Å². The molecule has 0 bridgehead atoms. The van der Waals surface area contributed by atoms with Gasteiger partial charge < -0.3 is 14.2 Å². The van der Waals surface area contributed by atoms with Gasteiger partial charge in [0.2, 0.25) is 0 Å². The Morgan fingerprint density at radius 1 is 1.41 bits per heavy atom. The number of fused-ring (bicyclic) bond motifs is 3. The van der Waals surface area contributed by atoms with E-state index in [4.69, 9.17) is 14.2 Å². The van der Waals surface area contributed by atoms with Gasteiger partial charge in [0.25, 0.3) is 0 Å². The minimum absolute atomic E-state index is 0.0540. The number of carbonyl (C=O) groups excluding carboxylic acids is 1. The fourth-order valence-corrected chi connectivity index (χ4v) is 2.33. The molecule has 0 N–H and O–H groups in total. The summed E-state index contributed by atoms with van der Waals surface area (Å²) in [4.78, 5) is 11.4. The van der Waals surface area contributed by atoms with E-state index in [1.54, 1.807) is 18.2 Å². The normalized spacial score (nSPS) is 27.5. The van der Waals surface area contributed by atoms with E-state index in [-0.39, 0.29) is 23.8 Å². The van der Waals surface area contributed by atoms with Crippen molar-refractivity contribution in [3.63, 3.8) is 0 Å². The minimum Gasteiger partial charge on any atom is -0.485 e. The predicted molar refractivity (Wildman–Crippen MR) is 60.1 cm³/mol. The van der Waals surface area contributed by atoms with Crippen molar-refractivity contribution in [3.8, 4) is 5.75 Å². The van der Waals surface area contributed by atoms with E-state index in [1.807, 2.05) is 13.8 Å². The van der Waals surface area contributed by atoms with Crippen molar-refractivity contribution >= 4 is 5.97 Å². The Morgan fingerprint density at radius 3 is 2.88 bits per heavy atom. The van der Waals surface area contributed by atoms with Gasteiger partial charge in [-0.3, -0.25) is 0 Å². The summed E-state index contributed by atoms with van der Waals surface area (Å²) in [5.41, 5.74) is 1.17. The van der Waals surface area contributed by atoms with Crippen LogP contribution in [-0.2, 0) is 9.47 Å². The first-order valence-corrected chi connectivity index (χ1v) is 5.59. The van der Waals surface area contributed by atoms with Crippen LogP contribution in [0.3, 0.4) is 0 Å². The van der Waals surface area contributed by atoms with Crippen LogP contribution in [0.2, 0.25) is 0 Å². The van der Waals surface area contributed by atoms with E-state index in [1.165, 1.54) is 7.11 Å². The zero-order valence-corrected chi connectivity index (χ0v) is 10.0. The van der Waals surface area contributed by atoms with Crippen LogP contribution in [0.1, 0.15) is 35.9 Å². The highest BCUT2D eigenvalue weighted by atomic mass is 16.6. The Balaban J connectivity index is 2.01. The Bertz CT molecular complexity index is 492. The molecule has 0 aromatic heterocycles. The van der Waals surface area contributed by atoms with E-state index in [0.717, 1.165) is 11.3 Å². The van der Waals surface area contributed by atoms with E-state index in [2.05, 4.69) is 0 Å². The molecule has 1 aromatic rings. The lowest BCUT2D eigenvalue weighted by Gasteiger charge is -2.29. The Kier molecular flexibility index (Phi) is 2.01. The summed E-state index contributed by atoms with van der Waals surface area (Å²) in [7, 11) is 1.37. The molecule has 1 saturated heterocycles. The van der Waals surface area contributed by atoms with Gasteiger partial charge >= 0.3 is 5.97 Å². The first-order chi connectivity index (χ1) is 8.03. The van der Waals surface area contributed by atoms with Gasteiger partial charge in [-0.05, 0) is 32.0 Å². The largest absolute Gasteiger partial charge is 0.485 e. The third kappa shape index (κ3) is 1.52. The van der Waals surface area contributed by atoms with Crippen molar-refractivity contribution in [2.75, 3.05) is 7.11 Å². The van der Waals surface area contributed by atoms with Gasteiger partial charge in [-0.2, -0.15) is 0 Å². The highest BCUT2D eigenvalue weighted by molar-refractivity contribution is 5.89.